The van der Waals surface area contributed by atoms with Gasteiger partial charge >= 0.3 is 24.2 Å². The number of amidine groups is 1. The molecule has 5 nitrogen and oxygen atoms in total. The molecule has 33 heavy (non-hydrogen) atoms. The third kappa shape index (κ3) is 5.91. The lowest BCUT2D eigenvalue weighted by Gasteiger charge is -2.38. The van der Waals surface area contributed by atoms with E-state index in [-0.39, 0.29) is 0 Å². The van der Waals surface area contributed by atoms with Gasteiger partial charge in [0, 0.05) is 0 Å². The molecule has 15 heteroatoms. The van der Waals surface area contributed by atoms with E-state index < -0.39 is 53.0 Å². The minimum Gasteiger partial charge on any atom is -0.317 e. The minimum absolute atomic E-state index is 0.455. The number of nitrogens with zero attached hydrogens (tertiary/aromatic N) is 1. The molecule has 0 aliphatic heterocycles. The number of nitrogens with one attached hydrogen (secondary N) is 3. The Hall–Kier alpha value is -3.36. The lowest BCUT2D eigenvalue weighted by molar-refractivity contribution is -0.316. The van der Waals surface area contributed by atoms with Gasteiger partial charge in [0.2, 0.25) is 5.84 Å². The zero-order valence-corrected chi connectivity index (χ0v) is 15.8. The van der Waals surface area contributed by atoms with Crippen LogP contribution in [-0.4, -0.2) is 35.9 Å². The number of hydrazine groups is 1. The molecule has 2 rings (SSSR count). The quantitative estimate of drug-likeness (QED) is 0.186. The standard InChI is InChI=1S/C18H12F10N4O/c19-12-9-5-4-8-11(12)13(33)30-16(17(23,24)25,18(26,27)28)32-31-14(15(20,21)22)29-10-6-2-1-3-7-10/h1-9,32H,(H,29,31)(H,30,33). The maximum atomic E-state index is 13.7. The van der Waals surface area contributed by atoms with Crippen LogP contribution < -0.4 is 16.2 Å². The monoisotopic (exact) mass is 490 g/mol. The van der Waals surface area contributed by atoms with Gasteiger partial charge in [-0.2, -0.15) is 44.9 Å². The van der Waals surface area contributed by atoms with Gasteiger partial charge in [-0.15, -0.1) is 0 Å². The van der Waals surface area contributed by atoms with Crippen LogP contribution in [0.25, 0.3) is 0 Å². The van der Waals surface area contributed by atoms with Gasteiger partial charge in [0.25, 0.3) is 5.91 Å². The number of hydrogen-bond donors (Lipinski definition) is 3. The molecule has 2 aromatic carbocycles. The molecule has 3 N–H and O–H groups in total. The largest absolute Gasteiger partial charge is 0.450 e. The topological polar surface area (TPSA) is 65.5 Å². The van der Waals surface area contributed by atoms with Crippen LogP contribution in [0.4, 0.5) is 49.6 Å². The molecule has 0 aliphatic carbocycles. The Balaban J connectivity index is 2.51. The van der Waals surface area contributed by atoms with Crippen molar-refractivity contribution < 1.29 is 48.7 Å². The number of carbonyl (C=O) groups is 1. The lowest BCUT2D eigenvalue weighted by Crippen LogP contribution is -2.78. The summed E-state index contributed by atoms with van der Waals surface area (Å²) in [6.07, 6.45) is -18.5. The highest BCUT2D eigenvalue weighted by molar-refractivity contribution is 5.95. The summed E-state index contributed by atoms with van der Waals surface area (Å²) in [5.41, 5.74) is -5.93. The summed E-state index contributed by atoms with van der Waals surface area (Å²) in [6.45, 7) is 0. The van der Waals surface area contributed by atoms with Crippen molar-refractivity contribution >= 4 is 17.4 Å². The summed E-state index contributed by atoms with van der Waals surface area (Å²) in [6, 6.07) is 8.89. The van der Waals surface area contributed by atoms with Crippen molar-refractivity contribution in [2.45, 2.75) is 24.2 Å². The van der Waals surface area contributed by atoms with Gasteiger partial charge in [-0.1, -0.05) is 30.3 Å². The van der Waals surface area contributed by atoms with E-state index in [1.165, 1.54) is 18.2 Å². The first-order valence-electron chi connectivity index (χ1n) is 8.53. The average Bonchev–Trinajstić information content (AvgIpc) is 2.68. The average molecular weight is 490 g/mol. The molecule has 0 bridgehead atoms. The molecule has 1 amide bonds. The van der Waals surface area contributed by atoms with E-state index in [9.17, 15) is 48.7 Å². The number of hydrogen-bond acceptors (Lipinski definition) is 3. The molecule has 0 saturated carbocycles. The smallest absolute Gasteiger partial charge is 0.317 e. The third-order valence-electron chi connectivity index (χ3n) is 3.90. The molecule has 2 aromatic rings. The molecule has 0 aliphatic rings. The molecule has 0 atom stereocenters. The Kier molecular flexibility index (Phi) is 7.26. The van der Waals surface area contributed by atoms with Crippen molar-refractivity contribution in [2.75, 3.05) is 0 Å². The summed E-state index contributed by atoms with van der Waals surface area (Å²) >= 11 is 0. The molecular weight excluding hydrogens is 478 g/mol. The number of amides is 1. The van der Waals surface area contributed by atoms with Gasteiger partial charge in [0.15, 0.2) is 0 Å². The highest BCUT2D eigenvalue weighted by Crippen LogP contribution is 2.41. The van der Waals surface area contributed by atoms with Gasteiger partial charge in [0.05, 0.1) is 11.3 Å². The van der Waals surface area contributed by atoms with Gasteiger partial charge in [-0.3, -0.25) is 10.2 Å². The summed E-state index contributed by atoms with van der Waals surface area (Å²) in [5.74, 6) is -5.96. The first-order valence-corrected chi connectivity index (χ1v) is 8.53. The molecule has 0 heterocycles. The first kappa shape index (κ1) is 25.9. The molecule has 0 radical (unpaired) electrons. The summed E-state index contributed by atoms with van der Waals surface area (Å²) in [7, 11) is 0. The van der Waals surface area contributed by atoms with Crippen LogP contribution in [0, 0.1) is 5.82 Å². The van der Waals surface area contributed by atoms with Crippen LogP contribution in [0.1, 0.15) is 10.4 Å². The number of carbonyl (C=O) groups excluding carboxylic acids is 1. The normalized spacial score (nSPS) is 13.6. The molecular formula is C18H12F10N4O. The van der Waals surface area contributed by atoms with Crippen LogP contribution in [0.2, 0.25) is 0 Å². The van der Waals surface area contributed by atoms with E-state index in [0.717, 1.165) is 29.7 Å². The van der Waals surface area contributed by atoms with Crippen LogP contribution in [-0.2, 0) is 0 Å². The third-order valence-corrected chi connectivity index (χ3v) is 3.90. The van der Waals surface area contributed by atoms with Crippen LogP contribution >= 0.6 is 0 Å². The Morgan fingerprint density at radius 2 is 1.27 bits per heavy atom. The fourth-order valence-corrected chi connectivity index (χ4v) is 2.31. The number of halogens is 10. The highest BCUT2D eigenvalue weighted by atomic mass is 19.4. The number of benzene rings is 2. The Labute approximate surface area is 178 Å². The Bertz CT molecular complexity index is 986. The molecule has 0 aromatic heterocycles. The predicted octanol–water partition coefficient (Wildman–Crippen LogP) is 4.76. The summed E-state index contributed by atoms with van der Waals surface area (Å²) in [4.78, 5) is 15.0. The maximum absolute atomic E-state index is 13.7. The second-order valence-electron chi connectivity index (χ2n) is 6.22. The van der Waals surface area contributed by atoms with Gasteiger partial charge in [-0.25, -0.2) is 9.38 Å². The van der Waals surface area contributed by atoms with Crippen molar-refractivity contribution in [1.29, 1.82) is 0 Å². The van der Waals surface area contributed by atoms with Gasteiger partial charge in [0.1, 0.15) is 5.82 Å². The molecule has 0 fully saturated rings. The van der Waals surface area contributed by atoms with Crippen molar-refractivity contribution in [1.82, 2.24) is 16.2 Å². The highest BCUT2D eigenvalue weighted by Gasteiger charge is 2.73. The van der Waals surface area contributed by atoms with Crippen LogP contribution in [0.5, 0.6) is 0 Å². The predicted molar refractivity (Wildman–Crippen MR) is 94.6 cm³/mol. The van der Waals surface area contributed by atoms with Gasteiger partial charge in [-0.05, 0) is 24.3 Å². The maximum Gasteiger partial charge on any atom is 0.450 e. The van der Waals surface area contributed by atoms with Crippen molar-refractivity contribution in [3.05, 3.63) is 66.0 Å². The van der Waals surface area contributed by atoms with E-state index in [1.807, 2.05) is 0 Å². The Morgan fingerprint density at radius 1 is 0.758 bits per heavy atom. The SMILES string of the molecule is O=C(NC(NNC(=Nc1ccccc1)C(F)(F)F)(C(F)(F)F)C(F)(F)F)c1ccccc1F. The van der Waals surface area contributed by atoms with Crippen molar-refractivity contribution in [2.24, 2.45) is 4.99 Å². The van der Waals surface area contributed by atoms with E-state index in [0.29, 0.717) is 22.9 Å². The minimum atomic E-state index is -6.46. The van der Waals surface area contributed by atoms with Crippen molar-refractivity contribution in [3.8, 4) is 0 Å². The summed E-state index contributed by atoms with van der Waals surface area (Å²) < 4.78 is 135. The zero-order valence-electron chi connectivity index (χ0n) is 15.8. The Morgan fingerprint density at radius 3 is 1.76 bits per heavy atom. The van der Waals surface area contributed by atoms with Gasteiger partial charge < -0.3 is 5.32 Å². The number of alkyl halides is 9. The van der Waals surface area contributed by atoms with Crippen LogP contribution in [0.3, 0.4) is 0 Å². The molecule has 0 saturated heterocycles. The molecule has 0 spiro atoms. The lowest BCUT2D eigenvalue weighted by atomic mass is 10.1. The number of rotatable bonds is 5. The van der Waals surface area contributed by atoms with Crippen LogP contribution in [0.15, 0.2) is 59.6 Å². The fraction of sp³-hybridized carbons (Fsp3) is 0.222. The number of para-hydroxylation sites is 1. The van der Waals surface area contributed by atoms with E-state index in [1.54, 1.807) is 0 Å². The van der Waals surface area contributed by atoms with E-state index >= 15 is 0 Å². The molecule has 0 unspecified atom stereocenters. The van der Waals surface area contributed by atoms with E-state index in [4.69, 9.17) is 0 Å². The second kappa shape index (κ2) is 9.25. The van der Waals surface area contributed by atoms with Crippen molar-refractivity contribution in [3.63, 3.8) is 0 Å². The zero-order chi connectivity index (χ0) is 25.1. The first-order chi connectivity index (χ1) is 15.1. The van der Waals surface area contributed by atoms with E-state index in [2.05, 4.69) is 4.99 Å². The molecule has 180 valence electrons. The fourth-order valence-electron chi connectivity index (χ4n) is 2.31. The summed E-state index contributed by atoms with van der Waals surface area (Å²) in [5, 5.41) is 0.513. The number of aliphatic imine (C=N–C) groups is 1. The second-order valence-corrected chi connectivity index (χ2v) is 6.22.